The fourth-order valence-electron chi connectivity index (χ4n) is 2.79. The van der Waals surface area contributed by atoms with Crippen molar-refractivity contribution in [2.45, 2.75) is 25.9 Å². The van der Waals surface area contributed by atoms with Crippen molar-refractivity contribution >= 4 is 16.7 Å². The van der Waals surface area contributed by atoms with Crippen LogP contribution in [0.25, 0.3) is 10.9 Å². The average Bonchev–Trinajstić information content (AvgIpc) is 2.37. The first-order chi connectivity index (χ1) is 9.15. The maximum absolute atomic E-state index is 14.1. The molecular formula is C14H17FN4. The SMILES string of the molecule is C[C@@H]1CN(c2ncnc3cccc(F)c23)C[C@H](C)N1. The van der Waals surface area contributed by atoms with Gasteiger partial charge in [-0.2, -0.15) is 0 Å². The first-order valence-corrected chi connectivity index (χ1v) is 6.55. The molecule has 0 radical (unpaired) electrons. The van der Waals surface area contributed by atoms with Crippen molar-refractivity contribution in [3.63, 3.8) is 0 Å². The Bertz CT molecular complexity index is 586. The Kier molecular flexibility index (Phi) is 3.06. The van der Waals surface area contributed by atoms with Crippen molar-refractivity contribution in [1.29, 1.82) is 0 Å². The summed E-state index contributed by atoms with van der Waals surface area (Å²) in [5.74, 6) is 0.440. The molecule has 0 aliphatic carbocycles. The summed E-state index contributed by atoms with van der Waals surface area (Å²) in [6, 6.07) is 5.68. The molecule has 100 valence electrons. The van der Waals surface area contributed by atoms with E-state index in [1.165, 1.54) is 12.4 Å². The van der Waals surface area contributed by atoms with E-state index >= 15 is 0 Å². The third-order valence-electron chi connectivity index (χ3n) is 3.45. The molecule has 1 aliphatic rings. The van der Waals surface area contributed by atoms with Gasteiger partial charge in [0.2, 0.25) is 0 Å². The number of nitrogens with zero attached hydrogens (tertiary/aromatic N) is 3. The predicted molar refractivity (Wildman–Crippen MR) is 73.8 cm³/mol. The van der Waals surface area contributed by atoms with Crippen LogP contribution in [0.4, 0.5) is 10.2 Å². The summed E-state index contributed by atoms with van der Waals surface area (Å²) in [5.41, 5.74) is 0.656. The molecule has 2 atom stereocenters. The number of rotatable bonds is 1. The van der Waals surface area contributed by atoms with Crippen LogP contribution in [0.2, 0.25) is 0 Å². The molecule has 2 aromatic rings. The van der Waals surface area contributed by atoms with Gasteiger partial charge in [0.15, 0.2) is 0 Å². The second kappa shape index (κ2) is 4.74. The second-order valence-corrected chi connectivity index (χ2v) is 5.20. The molecule has 1 N–H and O–H groups in total. The molecular weight excluding hydrogens is 243 g/mol. The molecule has 1 fully saturated rings. The van der Waals surface area contributed by atoms with E-state index in [1.807, 2.05) is 6.07 Å². The molecule has 1 aliphatic heterocycles. The zero-order chi connectivity index (χ0) is 13.4. The molecule has 5 heteroatoms. The van der Waals surface area contributed by atoms with E-state index in [9.17, 15) is 4.39 Å². The monoisotopic (exact) mass is 260 g/mol. The van der Waals surface area contributed by atoms with Gasteiger partial charge in [-0.3, -0.25) is 0 Å². The van der Waals surface area contributed by atoms with Gasteiger partial charge in [0.1, 0.15) is 18.0 Å². The van der Waals surface area contributed by atoms with E-state index in [-0.39, 0.29) is 5.82 Å². The Morgan fingerprint density at radius 1 is 1.21 bits per heavy atom. The average molecular weight is 260 g/mol. The predicted octanol–water partition coefficient (Wildman–Crippen LogP) is 1.96. The topological polar surface area (TPSA) is 41.1 Å². The van der Waals surface area contributed by atoms with Crippen LogP contribution in [0.5, 0.6) is 0 Å². The molecule has 19 heavy (non-hydrogen) atoms. The van der Waals surface area contributed by atoms with E-state index < -0.39 is 0 Å². The van der Waals surface area contributed by atoms with Crippen LogP contribution < -0.4 is 10.2 Å². The van der Waals surface area contributed by atoms with Crippen molar-refractivity contribution < 1.29 is 4.39 Å². The molecule has 0 unspecified atom stereocenters. The third kappa shape index (κ3) is 2.26. The maximum Gasteiger partial charge on any atom is 0.142 e. The van der Waals surface area contributed by atoms with Gasteiger partial charge in [0.25, 0.3) is 0 Å². The molecule has 3 rings (SSSR count). The van der Waals surface area contributed by atoms with Gasteiger partial charge in [-0.05, 0) is 26.0 Å². The summed E-state index contributed by atoms with van der Waals surface area (Å²) in [7, 11) is 0. The van der Waals surface area contributed by atoms with Crippen molar-refractivity contribution in [1.82, 2.24) is 15.3 Å². The van der Waals surface area contributed by atoms with Crippen LogP contribution in [0.3, 0.4) is 0 Å². The maximum atomic E-state index is 14.1. The van der Waals surface area contributed by atoms with Crippen LogP contribution in [0, 0.1) is 5.82 Å². The minimum Gasteiger partial charge on any atom is -0.353 e. The smallest absolute Gasteiger partial charge is 0.142 e. The Morgan fingerprint density at radius 2 is 1.95 bits per heavy atom. The first-order valence-electron chi connectivity index (χ1n) is 6.55. The van der Waals surface area contributed by atoms with E-state index in [0.717, 1.165) is 13.1 Å². The molecule has 1 saturated heterocycles. The second-order valence-electron chi connectivity index (χ2n) is 5.20. The van der Waals surface area contributed by atoms with E-state index in [0.29, 0.717) is 28.8 Å². The highest BCUT2D eigenvalue weighted by Crippen LogP contribution is 2.26. The third-order valence-corrected chi connectivity index (χ3v) is 3.45. The minimum atomic E-state index is -0.257. The lowest BCUT2D eigenvalue weighted by Gasteiger charge is -2.37. The minimum absolute atomic E-state index is 0.257. The van der Waals surface area contributed by atoms with Gasteiger partial charge >= 0.3 is 0 Å². The van der Waals surface area contributed by atoms with Crippen molar-refractivity contribution in [3.05, 3.63) is 30.3 Å². The quantitative estimate of drug-likeness (QED) is 0.851. The van der Waals surface area contributed by atoms with Crippen LogP contribution >= 0.6 is 0 Å². The number of piperazine rings is 1. The van der Waals surface area contributed by atoms with Gasteiger partial charge in [-0.1, -0.05) is 6.07 Å². The molecule has 4 nitrogen and oxygen atoms in total. The molecule has 0 amide bonds. The molecule has 0 bridgehead atoms. The molecule has 1 aromatic carbocycles. The lowest BCUT2D eigenvalue weighted by Crippen LogP contribution is -2.54. The number of halogens is 1. The zero-order valence-electron chi connectivity index (χ0n) is 11.1. The van der Waals surface area contributed by atoms with Crippen molar-refractivity contribution in [3.8, 4) is 0 Å². The van der Waals surface area contributed by atoms with Gasteiger partial charge < -0.3 is 10.2 Å². The highest BCUT2D eigenvalue weighted by atomic mass is 19.1. The van der Waals surface area contributed by atoms with Crippen molar-refractivity contribution in [2.24, 2.45) is 0 Å². The number of hydrogen-bond acceptors (Lipinski definition) is 4. The fourth-order valence-corrected chi connectivity index (χ4v) is 2.79. The Labute approximate surface area is 111 Å². The van der Waals surface area contributed by atoms with Crippen molar-refractivity contribution in [2.75, 3.05) is 18.0 Å². The fraction of sp³-hybridized carbons (Fsp3) is 0.429. The number of fused-ring (bicyclic) bond motifs is 1. The molecule has 1 aromatic heterocycles. The van der Waals surface area contributed by atoms with Gasteiger partial charge in [-0.25, -0.2) is 14.4 Å². The standard InChI is InChI=1S/C14H17FN4/c1-9-6-19(7-10(2)18-9)14-13-11(15)4-3-5-12(13)16-8-17-14/h3-5,8-10,18H,6-7H2,1-2H3/t9-,10+. The highest BCUT2D eigenvalue weighted by molar-refractivity contribution is 5.89. The summed E-state index contributed by atoms with van der Waals surface area (Å²) in [4.78, 5) is 10.6. The molecule has 0 spiro atoms. The van der Waals surface area contributed by atoms with Crippen LogP contribution in [0.15, 0.2) is 24.5 Å². The van der Waals surface area contributed by atoms with Crippen LogP contribution in [0.1, 0.15) is 13.8 Å². The molecule has 2 heterocycles. The summed E-state index contributed by atoms with van der Waals surface area (Å²) in [6.07, 6.45) is 1.51. The largest absolute Gasteiger partial charge is 0.353 e. The number of benzene rings is 1. The highest BCUT2D eigenvalue weighted by Gasteiger charge is 2.24. The zero-order valence-corrected chi connectivity index (χ0v) is 11.1. The Balaban J connectivity index is 2.09. The van der Waals surface area contributed by atoms with Gasteiger partial charge in [0, 0.05) is 25.2 Å². The lowest BCUT2D eigenvalue weighted by atomic mass is 10.1. The van der Waals surface area contributed by atoms with Gasteiger partial charge in [-0.15, -0.1) is 0 Å². The van der Waals surface area contributed by atoms with E-state index in [2.05, 4.69) is 34.0 Å². The summed E-state index contributed by atoms with van der Waals surface area (Å²) < 4.78 is 14.1. The number of hydrogen-bond donors (Lipinski definition) is 1. The summed E-state index contributed by atoms with van der Waals surface area (Å²) in [6.45, 7) is 5.90. The number of aromatic nitrogens is 2. The van der Waals surface area contributed by atoms with Crippen LogP contribution in [-0.2, 0) is 0 Å². The summed E-state index contributed by atoms with van der Waals surface area (Å²) in [5, 5.41) is 3.98. The first kappa shape index (κ1) is 12.3. The van der Waals surface area contributed by atoms with Crippen LogP contribution in [-0.4, -0.2) is 35.1 Å². The summed E-state index contributed by atoms with van der Waals surface area (Å²) >= 11 is 0. The Morgan fingerprint density at radius 3 is 2.68 bits per heavy atom. The molecule has 0 saturated carbocycles. The van der Waals surface area contributed by atoms with E-state index in [1.54, 1.807) is 6.07 Å². The van der Waals surface area contributed by atoms with E-state index in [4.69, 9.17) is 0 Å². The number of nitrogens with one attached hydrogen (secondary N) is 1. The van der Waals surface area contributed by atoms with Gasteiger partial charge in [0.05, 0.1) is 10.9 Å². The lowest BCUT2D eigenvalue weighted by molar-refractivity contribution is 0.405. The Hall–Kier alpha value is -1.75. The normalized spacial score (nSPS) is 23.8. The number of anilines is 1.